The van der Waals surface area contributed by atoms with Crippen molar-refractivity contribution in [2.75, 3.05) is 0 Å². The van der Waals surface area contributed by atoms with Crippen LogP contribution in [0.2, 0.25) is 0 Å². The molecule has 2 aliphatic rings. The van der Waals surface area contributed by atoms with Gasteiger partial charge in [-0.3, -0.25) is 4.79 Å². The van der Waals surface area contributed by atoms with E-state index in [1.165, 1.54) is 25.7 Å². The molecule has 4 nitrogen and oxygen atoms in total. The molecule has 1 heterocycles. The number of hydrazone groups is 1. The zero-order valence-electron chi connectivity index (χ0n) is 11.9. The lowest BCUT2D eigenvalue weighted by Crippen LogP contribution is -2.19. The van der Waals surface area contributed by atoms with Crippen molar-refractivity contribution in [2.45, 2.75) is 25.7 Å². The topological polar surface area (TPSA) is 57.2 Å². The van der Waals surface area contributed by atoms with E-state index < -0.39 is 0 Å². The van der Waals surface area contributed by atoms with E-state index in [2.05, 4.69) is 15.5 Å². The maximum Gasteiger partial charge on any atom is 0.273 e. The maximum atomic E-state index is 12.2. The maximum absolute atomic E-state index is 12.2. The summed E-state index contributed by atoms with van der Waals surface area (Å²) in [6, 6.07) is 7.80. The molecule has 21 heavy (non-hydrogen) atoms. The number of nitrogens with zero attached hydrogens (tertiary/aromatic N) is 1. The first kappa shape index (κ1) is 12.6. The number of amides is 1. The highest BCUT2D eigenvalue weighted by atomic mass is 16.2. The van der Waals surface area contributed by atoms with Crippen LogP contribution in [-0.4, -0.2) is 17.1 Å². The van der Waals surface area contributed by atoms with Crippen molar-refractivity contribution >= 4 is 23.0 Å². The van der Waals surface area contributed by atoms with Crippen LogP contribution in [0.15, 0.2) is 35.6 Å². The molecular formula is C17H19N3O. The Kier molecular flexibility index (Phi) is 3.02. The third-order valence-electron chi connectivity index (χ3n) is 5.06. The Morgan fingerprint density at radius 2 is 2.19 bits per heavy atom. The van der Waals surface area contributed by atoms with E-state index in [9.17, 15) is 4.79 Å². The van der Waals surface area contributed by atoms with Gasteiger partial charge < -0.3 is 4.98 Å². The van der Waals surface area contributed by atoms with Crippen LogP contribution < -0.4 is 5.43 Å². The summed E-state index contributed by atoms with van der Waals surface area (Å²) in [4.78, 5) is 15.3. The number of fused-ring (bicyclic) bond motifs is 3. The Bertz CT molecular complexity index is 703. The standard InChI is InChI=1S/C17H19N3O/c21-17(15-10-18-16-4-2-1-3-14(15)16)20-19-9-13-8-11-5-6-12(13)7-11/h1-4,9-13,18H,5-8H2,(H,20,21)/b19-9-/t11-,12+,13+/m0/s1. The van der Waals surface area contributed by atoms with Crippen LogP contribution in [0.1, 0.15) is 36.0 Å². The molecule has 1 aromatic heterocycles. The van der Waals surface area contributed by atoms with Gasteiger partial charge in [-0.15, -0.1) is 0 Å². The Morgan fingerprint density at radius 1 is 1.29 bits per heavy atom. The smallest absolute Gasteiger partial charge is 0.273 e. The minimum atomic E-state index is -0.146. The molecule has 3 atom stereocenters. The molecule has 4 rings (SSSR count). The van der Waals surface area contributed by atoms with Crippen molar-refractivity contribution in [3.63, 3.8) is 0 Å². The molecule has 1 aromatic carbocycles. The third-order valence-corrected chi connectivity index (χ3v) is 5.06. The first-order valence-corrected chi connectivity index (χ1v) is 7.71. The average Bonchev–Trinajstić information content (AvgIpc) is 3.21. The Balaban J connectivity index is 1.44. The number of carbonyl (C=O) groups excluding carboxylic acids is 1. The van der Waals surface area contributed by atoms with Crippen LogP contribution in [0.4, 0.5) is 0 Å². The Labute approximate surface area is 123 Å². The van der Waals surface area contributed by atoms with Gasteiger partial charge in [0.15, 0.2) is 0 Å². The van der Waals surface area contributed by atoms with Gasteiger partial charge in [-0.05, 0) is 43.1 Å². The van der Waals surface area contributed by atoms with Crippen molar-refractivity contribution < 1.29 is 4.79 Å². The van der Waals surface area contributed by atoms with Gasteiger partial charge >= 0.3 is 0 Å². The van der Waals surface area contributed by atoms with Gasteiger partial charge in [-0.25, -0.2) is 5.43 Å². The number of H-pyrrole nitrogens is 1. The molecule has 2 saturated carbocycles. The quantitative estimate of drug-likeness (QED) is 0.658. The number of carbonyl (C=O) groups is 1. The summed E-state index contributed by atoms with van der Waals surface area (Å²) in [7, 11) is 0. The van der Waals surface area contributed by atoms with Crippen molar-refractivity contribution in [3.05, 3.63) is 36.0 Å². The van der Waals surface area contributed by atoms with Crippen LogP contribution in [-0.2, 0) is 0 Å². The highest BCUT2D eigenvalue weighted by molar-refractivity contribution is 6.06. The van der Waals surface area contributed by atoms with E-state index in [1.807, 2.05) is 30.5 Å². The zero-order valence-corrected chi connectivity index (χ0v) is 11.9. The van der Waals surface area contributed by atoms with Crippen molar-refractivity contribution in [1.29, 1.82) is 0 Å². The Hall–Kier alpha value is -2.10. The molecule has 2 bridgehead atoms. The second-order valence-electron chi connectivity index (χ2n) is 6.31. The van der Waals surface area contributed by atoms with E-state index in [1.54, 1.807) is 6.20 Å². The number of aromatic nitrogens is 1. The number of rotatable bonds is 3. The summed E-state index contributed by atoms with van der Waals surface area (Å²) in [5, 5.41) is 5.13. The predicted octanol–water partition coefficient (Wildman–Crippen LogP) is 3.32. The molecule has 1 amide bonds. The van der Waals surface area contributed by atoms with Gasteiger partial charge in [-0.1, -0.05) is 24.6 Å². The van der Waals surface area contributed by atoms with E-state index in [0.717, 1.165) is 22.7 Å². The summed E-state index contributed by atoms with van der Waals surface area (Å²) < 4.78 is 0. The fourth-order valence-corrected chi connectivity index (χ4v) is 3.99. The molecule has 2 fully saturated rings. The molecule has 0 radical (unpaired) electrons. The van der Waals surface area contributed by atoms with Crippen molar-refractivity contribution in [2.24, 2.45) is 22.9 Å². The van der Waals surface area contributed by atoms with Gasteiger partial charge in [0.25, 0.3) is 5.91 Å². The van der Waals surface area contributed by atoms with Gasteiger partial charge in [0.1, 0.15) is 0 Å². The first-order chi connectivity index (χ1) is 10.3. The van der Waals surface area contributed by atoms with E-state index >= 15 is 0 Å². The largest absolute Gasteiger partial charge is 0.360 e. The fourth-order valence-electron chi connectivity index (χ4n) is 3.99. The zero-order chi connectivity index (χ0) is 14.2. The molecule has 108 valence electrons. The van der Waals surface area contributed by atoms with Crippen LogP contribution in [0.3, 0.4) is 0 Å². The SMILES string of the molecule is O=C(N/N=C\[C@H]1C[C@H]2CC[C@@H]1C2)c1c[nH]c2ccccc12. The van der Waals surface area contributed by atoms with E-state index in [4.69, 9.17) is 0 Å². The molecule has 0 unspecified atom stereocenters. The van der Waals surface area contributed by atoms with Crippen molar-refractivity contribution in [3.8, 4) is 0 Å². The lowest BCUT2D eigenvalue weighted by atomic mass is 9.90. The van der Waals surface area contributed by atoms with E-state index in [-0.39, 0.29) is 5.91 Å². The number of aromatic amines is 1. The number of hydrogen-bond acceptors (Lipinski definition) is 2. The predicted molar refractivity (Wildman–Crippen MR) is 83.2 cm³/mol. The highest BCUT2D eigenvalue weighted by Gasteiger charge is 2.38. The number of hydrogen-bond donors (Lipinski definition) is 2. The average molecular weight is 281 g/mol. The molecule has 0 spiro atoms. The lowest BCUT2D eigenvalue weighted by Gasteiger charge is -2.16. The second kappa shape index (κ2) is 5.02. The van der Waals surface area contributed by atoms with Crippen LogP contribution in [0.25, 0.3) is 10.9 Å². The van der Waals surface area contributed by atoms with E-state index in [0.29, 0.717) is 11.5 Å². The van der Waals surface area contributed by atoms with Crippen LogP contribution in [0.5, 0.6) is 0 Å². The minimum Gasteiger partial charge on any atom is -0.360 e. The van der Waals surface area contributed by atoms with Crippen LogP contribution in [0, 0.1) is 17.8 Å². The number of benzene rings is 1. The van der Waals surface area contributed by atoms with Gasteiger partial charge in [0.2, 0.25) is 0 Å². The minimum absolute atomic E-state index is 0.146. The summed E-state index contributed by atoms with van der Waals surface area (Å²) in [6.45, 7) is 0. The molecule has 2 N–H and O–H groups in total. The monoisotopic (exact) mass is 281 g/mol. The van der Waals surface area contributed by atoms with Gasteiger partial charge in [-0.2, -0.15) is 5.10 Å². The number of nitrogens with one attached hydrogen (secondary N) is 2. The molecule has 0 aliphatic heterocycles. The van der Waals surface area contributed by atoms with Gasteiger partial charge in [0, 0.05) is 23.3 Å². The third kappa shape index (κ3) is 2.24. The van der Waals surface area contributed by atoms with Crippen molar-refractivity contribution in [1.82, 2.24) is 10.4 Å². The first-order valence-electron chi connectivity index (χ1n) is 7.71. The summed E-state index contributed by atoms with van der Waals surface area (Å²) in [6.07, 6.45) is 9.02. The molecule has 4 heteroatoms. The fraction of sp³-hybridized carbons (Fsp3) is 0.412. The Morgan fingerprint density at radius 3 is 3.00 bits per heavy atom. The summed E-state index contributed by atoms with van der Waals surface area (Å²) in [5.41, 5.74) is 4.29. The normalized spacial score (nSPS) is 27.7. The summed E-state index contributed by atoms with van der Waals surface area (Å²) >= 11 is 0. The highest BCUT2D eigenvalue weighted by Crippen LogP contribution is 2.47. The molecule has 2 aliphatic carbocycles. The number of para-hydroxylation sites is 1. The summed E-state index contributed by atoms with van der Waals surface area (Å²) in [5.74, 6) is 2.11. The van der Waals surface area contributed by atoms with Crippen LogP contribution >= 0.6 is 0 Å². The second-order valence-corrected chi connectivity index (χ2v) is 6.31. The van der Waals surface area contributed by atoms with Gasteiger partial charge in [0.05, 0.1) is 5.56 Å². The molecule has 0 saturated heterocycles. The lowest BCUT2D eigenvalue weighted by molar-refractivity contribution is 0.0956. The molecule has 2 aromatic rings. The molecular weight excluding hydrogens is 262 g/mol.